The molecular formula is C25H34N4O6S. The highest BCUT2D eigenvalue weighted by Gasteiger charge is 2.49. The standard InChI is InChI=1S/C25H34N4O6S/c1-4-11-19(22(31)23-28-27-20(5-2)35-23)26-24(32)25(3,16-21(30)29-14-9-10-15-29)36(33,34)17-18-12-7-6-8-13-18/h6-8,12-13,19H,4-5,9-11,14-17H2,1-3H3,(H,26,32). The summed E-state index contributed by atoms with van der Waals surface area (Å²) in [7, 11) is -4.17. The number of likely N-dealkylation sites (tertiary alicyclic amines) is 1. The molecule has 1 N–H and O–H groups in total. The summed E-state index contributed by atoms with van der Waals surface area (Å²) < 4.78 is 30.6. The van der Waals surface area contributed by atoms with Crippen LogP contribution in [0, 0.1) is 0 Å². The molecule has 1 aliphatic rings. The van der Waals surface area contributed by atoms with Gasteiger partial charge in [-0.3, -0.25) is 14.4 Å². The first kappa shape index (κ1) is 27.5. The van der Waals surface area contributed by atoms with E-state index in [2.05, 4.69) is 15.5 Å². The van der Waals surface area contributed by atoms with Crippen molar-refractivity contribution in [3.63, 3.8) is 0 Å². The number of benzene rings is 1. The SMILES string of the molecule is CCCC(NC(=O)C(C)(CC(=O)N1CCCC1)S(=O)(=O)Cc1ccccc1)C(=O)c1nnc(CC)o1. The Labute approximate surface area is 211 Å². The van der Waals surface area contributed by atoms with Gasteiger partial charge in [0, 0.05) is 19.5 Å². The number of Topliss-reactive ketones (excluding diaryl/α,β-unsaturated/α-hetero) is 1. The molecule has 1 fully saturated rings. The van der Waals surface area contributed by atoms with Crippen LogP contribution in [0.5, 0.6) is 0 Å². The lowest BCUT2D eigenvalue weighted by Crippen LogP contribution is -2.56. The molecule has 0 aliphatic carbocycles. The number of sulfone groups is 1. The first-order chi connectivity index (χ1) is 17.1. The maximum absolute atomic E-state index is 13.7. The Kier molecular flexibility index (Phi) is 8.99. The Hall–Kier alpha value is -3.08. The predicted octanol–water partition coefficient (Wildman–Crippen LogP) is 2.49. The molecule has 2 unspecified atom stereocenters. The molecule has 0 spiro atoms. The van der Waals surface area contributed by atoms with Crippen LogP contribution in [0.15, 0.2) is 34.7 Å². The number of hydrogen-bond acceptors (Lipinski definition) is 8. The maximum atomic E-state index is 13.7. The third kappa shape index (κ3) is 6.18. The summed E-state index contributed by atoms with van der Waals surface area (Å²) in [4.78, 5) is 41.4. The lowest BCUT2D eigenvalue weighted by Gasteiger charge is -2.31. The van der Waals surface area contributed by atoms with Crippen molar-refractivity contribution in [1.82, 2.24) is 20.4 Å². The fourth-order valence-electron chi connectivity index (χ4n) is 4.16. The van der Waals surface area contributed by atoms with Crippen LogP contribution in [0.25, 0.3) is 0 Å². The molecule has 2 heterocycles. The minimum atomic E-state index is -4.17. The zero-order valence-electron chi connectivity index (χ0n) is 21.0. The molecule has 2 aromatic rings. The van der Waals surface area contributed by atoms with E-state index in [1.54, 1.807) is 42.2 Å². The fourth-order valence-corrected chi connectivity index (χ4v) is 5.80. The molecule has 2 atom stereocenters. The van der Waals surface area contributed by atoms with E-state index in [9.17, 15) is 22.8 Å². The molecule has 1 aliphatic heterocycles. The van der Waals surface area contributed by atoms with Crippen molar-refractivity contribution in [3.05, 3.63) is 47.7 Å². The number of carbonyl (C=O) groups is 3. The quantitative estimate of drug-likeness (QED) is 0.423. The summed E-state index contributed by atoms with van der Waals surface area (Å²) in [5.74, 6) is -2.26. The van der Waals surface area contributed by atoms with E-state index in [-0.39, 0.29) is 18.2 Å². The average molecular weight is 519 g/mol. The van der Waals surface area contributed by atoms with Gasteiger partial charge in [-0.05, 0) is 31.7 Å². The summed E-state index contributed by atoms with van der Waals surface area (Å²) in [5.41, 5.74) is 0.504. The van der Waals surface area contributed by atoms with Crippen molar-refractivity contribution < 1.29 is 27.2 Å². The Morgan fingerprint density at radius 3 is 2.36 bits per heavy atom. The van der Waals surface area contributed by atoms with Gasteiger partial charge in [0.1, 0.15) is 0 Å². The molecular weight excluding hydrogens is 484 g/mol. The molecule has 11 heteroatoms. The van der Waals surface area contributed by atoms with Gasteiger partial charge in [-0.1, -0.05) is 50.6 Å². The smallest absolute Gasteiger partial charge is 0.286 e. The van der Waals surface area contributed by atoms with E-state index in [4.69, 9.17) is 4.42 Å². The van der Waals surface area contributed by atoms with Gasteiger partial charge in [0.2, 0.25) is 23.5 Å². The predicted molar refractivity (Wildman–Crippen MR) is 133 cm³/mol. The van der Waals surface area contributed by atoms with Crippen molar-refractivity contribution in [2.45, 2.75) is 75.8 Å². The number of carbonyl (C=O) groups excluding carboxylic acids is 3. The summed E-state index contributed by atoms with van der Waals surface area (Å²) in [6.07, 6.45) is 2.38. The molecule has 10 nitrogen and oxygen atoms in total. The second kappa shape index (κ2) is 11.8. The van der Waals surface area contributed by atoms with Gasteiger partial charge in [-0.25, -0.2) is 8.42 Å². The molecule has 3 rings (SSSR count). The van der Waals surface area contributed by atoms with E-state index in [0.29, 0.717) is 31.5 Å². The molecule has 0 bridgehead atoms. The van der Waals surface area contributed by atoms with Gasteiger partial charge < -0.3 is 14.6 Å². The van der Waals surface area contributed by atoms with Crippen LogP contribution in [0.1, 0.15) is 75.0 Å². The van der Waals surface area contributed by atoms with Crippen LogP contribution in [-0.4, -0.2) is 65.0 Å². The number of hydrogen-bond donors (Lipinski definition) is 1. The van der Waals surface area contributed by atoms with E-state index < -0.39 is 50.4 Å². The zero-order chi connectivity index (χ0) is 26.3. The number of nitrogens with one attached hydrogen (secondary N) is 1. The number of aryl methyl sites for hydroxylation is 1. The van der Waals surface area contributed by atoms with Crippen LogP contribution < -0.4 is 5.32 Å². The van der Waals surface area contributed by atoms with Gasteiger partial charge in [-0.15, -0.1) is 10.2 Å². The molecule has 2 amide bonds. The van der Waals surface area contributed by atoms with Crippen LogP contribution in [-0.2, 0) is 31.6 Å². The van der Waals surface area contributed by atoms with Crippen molar-refractivity contribution in [2.75, 3.05) is 13.1 Å². The highest BCUT2D eigenvalue weighted by molar-refractivity contribution is 7.92. The van der Waals surface area contributed by atoms with Gasteiger partial charge in [-0.2, -0.15) is 0 Å². The third-order valence-corrected chi connectivity index (χ3v) is 8.91. The summed E-state index contributed by atoms with van der Waals surface area (Å²) in [6.45, 7) is 5.96. The molecule has 1 aromatic heterocycles. The van der Waals surface area contributed by atoms with Crippen LogP contribution in [0.3, 0.4) is 0 Å². The number of nitrogens with zero attached hydrogens (tertiary/aromatic N) is 3. The lowest BCUT2D eigenvalue weighted by atomic mass is 10.0. The first-order valence-corrected chi connectivity index (χ1v) is 14.0. The molecule has 1 aromatic carbocycles. The Morgan fingerprint density at radius 2 is 1.78 bits per heavy atom. The number of rotatable bonds is 12. The zero-order valence-corrected chi connectivity index (χ0v) is 21.8. The molecule has 0 saturated carbocycles. The highest BCUT2D eigenvalue weighted by atomic mass is 32.2. The maximum Gasteiger partial charge on any atom is 0.286 e. The number of aromatic nitrogens is 2. The van der Waals surface area contributed by atoms with Gasteiger partial charge in [0.05, 0.1) is 18.2 Å². The summed E-state index contributed by atoms with van der Waals surface area (Å²) in [5, 5.41) is 10.2. The average Bonchev–Trinajstić information content (AvgIpc) is 3.56. The van der Waals surface area contributed by atoms with Crippen LogP contribution >= 0.6 is 0 Å². The molecule has 0 radical (unpaired) electrons. The second-order valence-electron chi connectivity index (χ2n) is 9.27. The minimum absolute atomic E-state index is 0.239. The normalized spacial score (nSPS) is 16.4. The highest BCUT2D eigenvalue weighted by Crippen LogP contribution is 2.28. The number of ketones is 1. The van der Waals surface area contributed by atoms with Crippen molar-refractivity contribution in [3.8, 4) is 0 Å². The van der Waals surface area contributed by atoms with Crippen molar-refractivity contribution in [1.29, 1.82) is 0 Å². The largest absolute Gasteiger partial charge is 0.418 e. The van der Waals surface area contributed by atoms with Crippen LogP contribution in [0.2, 0.25) is 0 Å². The van der Waals surface area contributed by atoms with E-state index >= 15 is 0 Å². The lowest BCUT2D eigenvalue weighted by molar-refractivity contribution is -0.134. The van der Waals surface area contributed by atoms with Gasteiger partial charge >= 0.3 is 0 Å². The number of amides is 2. The topological polar surface area (TPSA) is 140 Å². The molecule has 1 saturated heterocycles. The molecule has 36 heavy (non-hydrogen) atoms. The Morgan fingerprint density at radius 1 is 1.11 bits per heavy atom. The first-order valence-electron chi connectivity index (χ1n) is 12.3. The molecule has 196 valence electrons. The summed E-state index contributed by atoms with van der Waals surface area (Å²) in [6, 6.07) is 7.43. The van der Waals surface area contributed by atoms with E-state index in [1.807, 2.05) is 6.92 Å². The van der Waals surface area contributed by atoms with Crippen molar-refractivity contribution >= 4 is 27.4 Å². The summed E-state index contributed by atoms with van der Waals surface area (Å²) >= 11 is 0. The van der Waals surface area contributed by atoms with E-state index in [0.717, 1.165) is 12.8 Å². The fraction of sp³-hybridized carbons (Fsp3) is 0.560. The van der Waals surface area contributed by atoms with E-state index in [1.165, 1.54) is 6.92 Å². The minimum Gasteiger partial charge on any atom is -0.418 e. The van der Waals surface area contributed by atoms with Gasteiger partial charge in [0.15, 0.2) is 14.6 Å². The third-order valence-electron chi connectivity index (χ3n) is 6.49. The second-order valence-corrected chi connectivity index (χ2v) is 11.7. The monoisotopic (exact) mass is 518 g/mol. The van der Waals surface area contributed by atoms with Gasteiger partial charge in [0.25, 0.3) is 5.89 Å². The Bertz CT molecular complexity index is 1170. The Balaban J connectivity index is 1.91. The van der Waals surface area contributed by atoms with Crippen molar-refractivity contribution in [2.24, 2.45) is 0 Å². The van der Waals surface area contributed by atoms with Crippen LogP contribution in [0.4, 0.5) is 0 Å².